The Morgan fingerprint density at radius 1 is 0.855 bits per heavy atom. The van der Waals surface area contributed by atoms with Crippen LogP contribution in [-0.4, -0.2) is 131 Å². The Hall–Kier alpha value is -2.00. The number of Topliss-reactive ketones (excluding diaryl/α,β-unsaturated/α-hetero) is 1. The normalized spacial score (nSPS) is 45.4. The minimum absolute atomic E-state index is 0.00506. The second-order valence-electron chi connectivity index (χ2n) is 16.9. The third-order valence-corrected chi connectivity index (χ3v) is 13.4. The summed E-state index contributed by atoms with van der Waals surface area (Å²) >= 11 is 0. The molecule has 3 aliphatic carbocycles. The van der Waals surface area contributed by atoms with Gasteiger partial charge in [-0.15, -0.1) is 0 Å². The first kappa shape index (κ1) is 42.6. The first-order valence-corrected chi connectivity index (χ1v) is 20.8. The number of hydrogen-bond donors (Lipinski definition) is 1. The van der Waals surface area contributed by atoms with Crippen LogP contribution in [0, 0.1) is 35.5 Å². The number of fused-ring (bicyclic) bond motifs is 5. The van der Waals surface area contributed by atoms with Crippen LogP contribution >= 0.6 is 0 Å². The fourth-order valence-corrected chi connectivity index (χ4v) is 10.5. The van der Waals surface area contributed by atoms with Gasteiger partial charge in [-0.1, -0.05) is 38.2 Å². The monoisotopic (exact) mass is 773 g/mol. The van der Waals surface area contributed by atoms with Gasteiger partial charge in [0.25, 0.3) is 0 Å². The van der Waals surface area contributed by atoms with Crippen molar-refractivity contribution >= 4 is 11.8 Å². The quantitative estimate of drug-likeness (QED) is 0.237. The van der Waals surface area contributed by atoms with Gasteiger partial charge in [-0.3, -0.25) is 9.59 Å². The number of esters is 1. The summed E-state index contributed by atoms with van der Waals surface area (Å²) in [6.45, 7) is 8.04. The topological polar surface area (TPSA) is 131 Å². The second kappa shape index (κ2) is 18.7. The standard InChI is InChI=1S/C43H67NO11/c1-10-11-13-26-14-12-15-34(54-37-19-18-33(44(5)6)24(3)51-37)23(2)38(46)32-20-29-27(31(32)22-36(45)53-26)16-17-28-30(29)21-35(39(28)47)55-43-42(50-9)41(49-8)40(48-7)25(4)52-43/h11,13,16-17,20,23-31,33-35,37,39-43,47H,10,12,14-15,18-19,21-22H2,1-9H3/b13-11+/t23-,24-,25+,26+,27-,28+,29-,30-,31+,33+,34+,35+,37+,39+,40+,41-,42-,43+/m1/s1. The highest BCUT2D eigenvalue weighted by atomic mass is 16.7. The Morgan fingerprint density at radius 2 is 1.58 bits per heavy atom. The van der Waals surface area contributed by atoms with Crippen LogP contribution in [0.2, 0.25) is 0 Å². The number of methoxy groups -OCH3 is 3. The highest BCUT2D eigenvalue weighted by molar-refractivity contribution is 5.99. The van der Waals surface area contributed by atoms with E-state index in [2.05, 4.69) is 51.1 Å². The first-order chi connectivity index (χ1) is 26.4. The third-order valence-electron chi connectivity index (χ3n) is 13.4. The summed E-state index contributed by atoms with van der Waals surface area (Å²) in [7, 11) is 8.98. The second-order valence-corrected chi connectivity index (χ2v) is 16.9. The Labute approximate surface area is 328 Å². The molecule has 6 rings (SSSR count). The number of aliphatic hydroxyl groups excluding tert-OH is 1. The van der Waals surface area contributed by atoms with Gasteiger partial charge in [0.2, 0.25) is 0 Å². The molecule has 0 aromatic carbocycles. The summed E-state index contributed by atoms with van der Waals surface area (Å²) in [6.07, 6.45) is 10.7. The molecule has 0 unspecified atom stereocenters. The molecule has 18 atom stereocenters. The van der Waals surface area contributed by atoms with E-state index < -0.39 is 42.9 Å². The molecule has 0 spiro atoms. The molecule has 1 saturated carbocycles. The maximum atomic E-state index is 14.7. The lowest BCUT2D eigenvalue weighted by atomic mass is 9.70. The van der Waals surface area contributed by atoms with Crippen LogP contribution < -0.4 is 0 Å². The number of ketones is 1. The number of allylic oxidation sites excluding steroid dienone is 4. The molecule has 4 fully saturated rings. The lowest BCUT2D eigenvalue weighted by Gasteiger charge is -2.44. The van der Waals surface area contributed by atoms with Gasteiger partial charge in [0, 0.05) is 45.1 Å². The van der Waals surface area contributed by atoms with Gasteiger partial charge in [-0.25, -0.2) is 0 Å². The Kier molecular flexibility index (Phi) is 14.5. The largest absolute Gasteiger partial charge is 0.458 e. The number of aliphatic hydroxyl groups is 1. The summed E-state index contributed by atoms with van der Waals surface area (Å²) in [5.74, 6) is -1.43. The molecular weight excluding hydrogens is 706 g/mol. The minimum Gasteiger partial charge on any atom is -0.458 e. The fraction of sp³-hybridized carbons (Fsp3) is 0.814. The molecule has 55 heavy (non-hydrogen) atoms. The molecule has 0 aromatic rings. The molecule has 0 radical (unpaired) electrons. The van der Waals surface area contributed by atoms with Crippen molar-refractivity contribution in [3.63, 3.8) is 0 Å². The van der Waals surface area contributed by atoms with Gasteiger partial charge in [-0.2, -0.15) is 0 Å². The summed E-state index contributed by atoms with van der Waals surface area (Å²) in [6, 6.07) is 0.310. The van der Waals surface area contributed by atoms with E-state index >= 15 is 0 Å². The lowest BCUT2D eigenvalue weighted by molar-refractivity contribution is -0.319. The van der Waals surface area contributed by atoms with E-state index in [0.29, 0.717) is 30.9 Å². The molecule has 3 saturated heterocycles. The van der Waals surface area contributed by atoms with Gasteiger partial charge >= 0.3 is 5.97 Å². The van der Waals surface area contributed by atoms with Crippen LogP contribution in [0.5, 0.6) is 0 Å². The molecule has 310 valence electrons. The number of carbonyl (C=O) groups excluding carboxylic acids is 2. The van der Waals surface area contributed by atoms with Crippen molar-refractivity contribution in [3.8, 4) is 0 Å². The Balaban J connectivity index is 1.24. The highest BCUT2D eigenvalue weighted by Gasteiger charge is 2.55. The average molecular weight is 774 g/mol. The molecule has 0 aromatic heterocycles. The van der Waals surface area contributed by atoms with Crippen molar-refractivity contribution in [2.24, 2.45) is 35.5 Å². The molecule has 0 amide bonds. The molecule has 12 heteroatoms. The van der Waals surface area contributed by atoms with Crippen molar-refractivity contribution < 1.29 is 52.6 Å². The SMILES string of the molecule is CC/C=C/[C@H]1CCC[C@H](O[C@H]2CC[C@H](N(C)C)[C@@H](C)O2)[C@@H](C)C(=O)C2=C[C@@H]3[C@@H](C=C[C@@H]4[C@H](O)[C@@H](O[C@@H]5O[C@@H](C)[C@H](OC)[C@@H](OC)[C@H]5OC)C[C@H]43)[C@@H]2CC(=O)O1. The third kappa shape index (κ3) is 9.03. The first-order valence-electron chi connectivity index (χ1n) is 20.8. The Morgan fingerprint density at radius 3 is 2.25 bits per heavy atom. The van der Waals surface area contributed by atoms with E-state index in [4.69, 9.17) is 37.9 Å². The number of rotatable bonds is 10. The van der Waals surface area contributed by atoms with E-state index in [9.17, 15) is 14.7 Å². The zero-order valence-corrected chi connectivity index (χ0v) is 34.4. The molecule has 1 N–H and O–H groups in total. The van der Waals surface area contributed by atoms with E-state index in [-0.39, 0.29) is 78.3 Å². The van der Waals surface area contributed by atoms with Crippen molar-refractivity contribution in [1.29, 1.82) is 0 Å². The average Bonchev–Trinajstić information content (AvgIpc) is 3.68. The van der Waals surface area contributed by atoms with Crippen LogP contribution in [0.15, 0.2) is 36.0 Å². The number of ether oxygens (including phenoxy) is 8. The molecule has 0 bridgehead atoms. The molecule has 6 aliphatic rings. The van der Waals surface area contributed by atoms with Gasteiger partial charge in [0.15, 0.2) is 18.4 Å². The fourth-order valence-electron chi connectivity index (χ4n) is 10.5. The lowest BCUT2D eigenvalue weighted by Crippen LogP contribution is -2.60. The number of hydrogen-bond acceptors (Lipinski definition) is 12. The van der Waals surface area contributed by atoms with Crippen LogP contribution in [0.25, 0.3) is 0 Å². The zero-order valence-electron chi connectivity index (χ0n) is 34.4. The van der Waals surface area contributed by atoms with Gasteiger partial charge in [0.05, 0.1) is 36.9 Å². The van der Waals surface area contributed by atoms with Crippen molar-refractivity contribution in [3.05, 3.63) is 36.0 Å². The Bertz CT molecular complexity index is 1400. The zero-order chi connectivity index (χ0) is 39.6. The summed E-state index contributed by atoms with van der Waals surface area (Å²) in [5.41, 5.74) is 0.668. The van der Waals surface area contributed by atoms with Crippen molar-refractivity contribution in [1.82, 2.24) is 4.90 Å². The minimum atomic E-state index is -0.793. The van der Waals surface area contributed by atoms with Crippen molar-refractivity contribution in [2.45, 2.75) is 153 Å². The van der Waals surface area contributed by atoms with Gasteiger partial charge in [-0.05, 0) is 102 Å². The number of nitrogens with zero attached hydrogens (tertiary/aromatic N) is 1. The van der Waals surface area contributed by atoms with E-state index in [1.807, 2.05) is 26.0 Å². The maximum Gasteiger partial charge on any atom is 0.307 e. The highest BCUT2D eigenvalue weighted by Crippen LogP contribution is 2.54. The number of cyclic esters (lactones) is 1. The molecule has 3 aliphatic heterocycles. The molecule has 3 heterocycles. The van der Waals surface area contributed by atoms with Gasteiger partial charge in [0.1, 0.15) is 24.4 Å². The van der Waals surface area contributed by atoms with Crippen molar-refractivity contribution in [2.75, 3.05) is 35.4 Å². The van der Waals surface area contributed by atoms with Gasteiger partial charge < -0.3 is 47.9 Å². The van der Waals surface area contributed by atoms with Crippen LogP contribution in [0.3, 0.4) is 0 Å². The van der Waals surface area contributed by atoms with Crippen LogP contribution in [-0.2, 0) is 47.5 Å². The predicted octanol–water partition coefficient (Wildman–Crippen LogP) is 5.01. The number of likely N-dealkylation sites (N-methyl/N-ethyl adjacent to an activating group) is 1. The summed E-state index contributed by atoms with van der Waals surface area (Å²) in [4.78, 5) is 30.6. The van der Waals surface area contributed by atoms with Crippen LogP contribution in [0.1, 0.15) is 79.1 Å². The molecular formula is C43H67NO11. The number of carbonyl (C=O) groups is 2. The van der Waals surface area contributed by atoms with E-state index in [1.165, 1.54) is 0 Å². The van der Waals surface area contributed by atoms with Crippen LogP contribution in [0.4, 0.5) is 0 Å². The smallest absolute Gasteiger partial charge is 0.307 e. The summed E-state index contributed by atoms with van der Waals surface area (Å²) in [5, 5.41) is 11.7. The van der Waals surface area contributed by atoms with E-state index in [1.54, 1.807) is 21.3 Å². The van der Waals surface area contributed by atoms with E-state index in [0.717, 1.165) is 25.7 Å². The predicted molar refractivity (Wildman–Crippen MR) is 205 cm³/mol. The summed E-state index contributed by atoms with van der Waals surface area (Å²) < 4.78 is 49.3. The molecule has 12 nitrogen and oxygen atoms in total. The maximum absolute atomic E-state index is 14.7.